The summed E-state index contributed by atoms with van der Waals surface area (Å²) in [6.45, 7) is 2.27. The minimum absolute atomic E-state index is 0.195. The Kier molecular flexibility index (Phi) is 6.37. The van der Waals surface area contributed by atoms with Gasteiger partial charge >= 0.3 is 5.97 Å². The van der Waals surface area contributed by atoms with E-state index in [-0.39, 0.29) is 18.4 Å². The number of nitrogen functional groups attached to an aromatic ring is 1. The number of hydrogen-bond acceptors (Lipinski definition) is 4. The minimum atomic E-state index is -0.443. The topological polar surface area (TPSA) is 81.4 Å². The number of esters is 1. The van der Waals surface area contributed by atoms with E-state index in [1.807, 2.05) is 30.3 Å². The second kappa shape index (κ2) is 8.72. The molecule has 2 rings (SSSR count). The molecule has 2 aromatic carbocycles. The zero-order chi connectivity index (χ0) is 17.4. The van der Waals surface area contributed by atoms with Crippen LogP contribution in [0.25, 0.3) is 0 Å². The molecule has 0 saturated heterocycles. The van der Waals surface area contributed by atoms with Gasteiger partial charge in [-0.1, -0.05) is 42.5 Å². The molecule has 0 aliphatic carbocycles. The van der Waals surface area contributed by atoms with Crippen LogP contribution in [0.5, 0.6) is 0 Å². The van der Waals surface area contributed by atoms with Crippen LogP contribution in [0.4, 0.5) is 5.69 Å². The highest BCUT2D eigenvalue weighted by Crippen LogP contribution is 2.13. The van der Waals surface area contributed by atoms with E-state index in [0.29, 0.717) is 24.3 Å². The van der Waals surface area contributed by atoms with Gasteiger partial charge in [0.25, 0.3) is 5.91 Å². The van der Waals surface area contributed by atoms with Crippen LogP contribution in [0.3, 0.4) is 0 Å². The molecule has 0 bridgehead atoms. The SMILES string of the molecule is CCOC(=O)C(CNC(=O)c1ccccc1N)Cc1ccccc1. The van der Waals surface area contributed by atoms with Crippen LogP contribution in [-0.2, 0) is 16.0 Å². The maximum Gasteiger partial charge on any atom is 0.311 e. The highest BCUT2D eigenvalue weighted by Gasteiger charge is 2.21. The van der Waals surface area contributed by atoms with Gasteiger partial charge in [0.2, 0.25) is 0 Å². The third-order valence-electron chi connectivity index (χ3n) is 3.66. The fraction of sp³-hybridized carbons (Fsp3) is 0.263. The highest BCUT2D eigenvalue weighted by molar-refractivity contribution is 5.99. The Bertz CT molecular complexity index is 686. The van der Waals surface area contributed by atoms with E-state index in [0.717, 1.165) is 5.56 Å². The van der Waals surface area contributed by atoms with Crippen molar-refractivity contribution in [2.24, 2.45) is 5.92 Å². The fourth-order valence-electron chi connectivity index (χ4n) is 2.41. The number of amides is 1. The first kappa shape index (κ1) is 17.5. The molecular formula is C19H22N2O3. The number of benzene rings is 2. The van der Waals surface area contributed by atoms with Crippen LogP contribution >= 0.6 is 0 Å². The molecule has 0 aliphatic heterocycles. The maximum absolute atomic E-state index is 12.3. The molecule has 3 N–H and O–H groups in total. The van der Waals surface area contributed by atoms with Crippen molar-refractivity contribution >= 4 is 17.6 Å². The number of anilines is 1. The van der Waals surface area contributed by atoms with E-state index in [4.69, 9.17) is 10.5 Å². The predicted octanol–water partition coefficient (Wildman–Crippen LogP) is 2.42. The normalized spacial score (nSPS) is 11.5. The number of carbonyl (C=O) groups is 2. The fourth-order valence-corrected chi connectivity index (χ4v) is 2.41. The summed E-state index contributed by atoms with van der Waals surface area (Å²) >= 11 is 0. The van der Waals surface area contributed by atoms with E-state index in [9.17, 15) is 9.59 Å². The molecule has 0 aliphatic rings. The van der Waals surface area contributed by atoms with Crippen molar-refractivity contribution in [2.45, 2.75) is 13.3 Å². The van der Waals surface area contributed by atoms with E-state index >= 15 is 0 Å². The van der Waals surface area contributed by atoms with Crippen LogP contribution in [0.2, 0.25) is 0 Å². The third kappa shape index (κ3) is 4.84. The lowest BCUT2D eigenvalue weighted by molar-refractivity contribution is -0.147. The molecular weight excluding hydrogens is 304 g/mol. The molecule has 0 fully saturated rings. The summed E-state index contributed by atoms with van der Waals surface area (Å²) < 4.78 is 5.12. The van der Waals surface area contributed by atoms with Gasteiger partial charge in [-0.3, -0.25) is 9.59 Å². The molecule has 126 valence electrons. The largest absolute Gasteiger partial charge is 0.466 e. The first-order valence-corrected chi connectivity index (χ1v) is 7.95. The molecule has 5 nitrogen and oxygen atoms in total. The Morgan fingerprint density at radius 1 is 1.08 bits per heavy atom. The smallest absolute Gasteiger partial charge is 0.311 e. The molecule has 0 radical (unpaired) electrons. The first-order chi connectivity index (χ1) is 11.6. The van der Waals surface area contributed by atoms with Gasteiger partial charge in [-0.25, -0.2) is 0 Å². The summed E-state index contributed by atoms with van der Waals surface area (Å²) in [5, 5.41) is 2.78. The van der Waals surface area contributed by atoms with Crippen LogP contribution in [-0.4, -0.2) is 25.0 Å². The predicted molar refractivity (Wildman–Crippen MR) is 93.5 cm³/mol. The van der Waals surface area contributed by atoms with Crippen molar-refractivity contribution in [1.82, 2.24) is 5.32 Å². The summed E-state index contributed by atoms with van der Waals surface area (Å²) in [5.74, 6) is -1.06. The molecule has 2 aromatic rings. The molecule has 1 amide bonds. The van der Waals surface area contributed by atoms with Crippen molar-refractivity contribution in [1.29, 1.82) is 0 Å². The average Bonchev–Trinajstić information content (AvgIpc) is 2.59. The van der Waals surface area contributed by atoms with Crippen molar-refractivity contribution in [3.8, 4) is 0 Å². The molecule has 24 heavy (non-hydrogen) atoms. The van der Waals surface area contributed by atoms with Crippen LogP contribution in [0, 0.1) is 5.92 Å². The lowest BCUT2D eigenvalue weighted by Crippen LogP contribution is -2.35. The Morgan fingerprint density at radius 3 is 2.42 bits per heavy atom. The number of nitrogens with two attached hydrogens (primary N) is 1. The standard InChI is InChI=1S/C19H22N2O3/c1-2-24-19(23)15(12-14-8-4-3-5-9-14)13-21-18(22)16-10-6-7-11-17(16)20/h3-11,15H,2,12-13,20H2,1H3,(H,21,22). The Hall–Kier alpha value is -2.82. The van der Waals surface area contributed by atoms with Crippen molar-refractivity contribution in [3.63, 3.8) is 0 Å². The van der Waals surface area contributed by atoms with Gasteiger partial charge < -0.3 is 15.8 Å². The number of nitrogens with one attached hydrogen (secondary N) is 1. The molecule has 1 atom stereocenters. The lowest BCUT2D eigenvalue weighted by Gasteiger charge is -2.17. The second-order valence-corrected chi connectivity index (χ2v) is 5.44. The molecule has 0 spiro atoms. The number of ether oxygens (including phenoxy) is 1. The van der Waals surface area contributed by atoms with Crippen molar-refractivity contribution < 1.29 is 14.3 Å². The number of hydrogen-bond donors (Lipinski definition) is 2. The van der Waals surface area contributed by atoms with Gasteiger partial charge in [-0.2, -0.15) is 0 Å². The molecule has 0 heterocycles. The van der Waals surface area contributed by atoms with E-state index in [1.54, 1.807) is 31.2 Å². The monoisotopic (exact) mass is 326 g/mol. The van der Waals surface area contributed by atoms with Gasteiger partial charge in [-0.15, -0.1) is 0 Å². The summed E-state index contributed by atoms with van der Waals surface area (Å²) in [6, 6.07) is 16.5. The highest BCUT2D eigenvalue weighted by atomic mass is 16.5. The van der Waals surface area contributed by atoms with Gasteiger partial charge in [0, 0.05) is 12.2 Å². The Morgan fingerprint density at radius 2 is 1.75 bits per heavy atom. The Balaban J connectivity index is 2.04. The van der Waals surface area contributed by atoms with E-state index < -0.39 is 5.92 Å². The van der Waals surface area contributed by atoms with Gasteiger partial charge in [0.1, 0.15) is 0 Å². The zero-order valence-electron chi connectivity index (χ0n) is 13.7. The molecule has 1 unspecified atom stereocenters. The zero-order valence-corrected chi connectivity index (χ0v) is 13.7. The second-order valence-electron chi connectivity index (χ2n) is 5.44. The Labute approximate surface area is 141 Å². The van der Waals surface area contributed by atoms with Crippen LogP contribution in [0.1, 0.15) is 22.8 Å². The first-order valence-electron chi connectivity index (χ1n) is 7.95. The number of carbonyl (C=O) groups excluding carboxylic acids is 2. The van der Waals surface area contributed by atoms with Gasteiger partial charge in [-0.05, 0) is 31.0 Å². The van der Waals surface area contributed by atoms with Crippen LogP contribution in [0.15, 0.2) is 54.6 Å². The molecule has 5 heteroatoms. The molecule has 0 aromatic heterocycles. The maximum atomic E-state index is 12.3. The lowest BCUT2D eigenvalue weighted by atomic mass is 9.99. The number of rotatable bonds is 7. The van der Waals surface area contributed by atoms with Gasteiger partial charge in [0.05, 0.1) is 18.1 Å². The summed E-state index contributed by atoms with van der Waals surface area (Å²) in [5.41, 5.74) is 7.63. The van der Waals surface area contributed by atoms with Crippen molar-refractivity contribution in [2.75, 3.05) is 18.9 Å². The van der Waals surface area contributed by atoms with Crippen LogP contribution < -0.4 is 11.1 Å². The van der Waals surface area contributed by atoms with E-state index in [2.05, 4.69) is 5.32 Å². The average molecular weight is 326 g/mol. The molecule has 0 saturated carbocycles. The summed E-state index contributed by atoms with van der Waals surface area (Å²) in [7, 11) is 0. The summed E-state index contributed by atoms with van der Waals surface area (Å²) in [4.78, 5) is 24.4. The summed E-state index contributed by atoms with van der Waals surface area (Å²) in [6.07, 6.45) is 0.504. The minimum Gasteiger partial charge on any atom is -0.466 e. The van der Waals surface area contributed by atoms with Crippen molar-refractivity contribution in [3.05, 3.63) is 65.7 Å². The third-order valence-corrected chi connectivity index (χ3v) is 3.66. The number of para-hydroxylation sites is 1. The van der Waals surface area contributed by atoms with E-state index in [1.165, 1.54) is 0 Å². The van der Waals surface area contributed by atoms with Gasteiger partial charge in [0.15, 0.2) is 0 Å². The quantitative estimate of drug-likeness (QED) is 0.605.